The minimum absolute atomic E-state index is 0.122. The maximum atomic E-state index is 10.8. The average molecular weight is 350 g/mol. The van der Waals surface area contributed by atoms with Gasteiger partial charge in [-0.3, -0.25) is 4.18 Å². The van der Waals surface area contributed by atoms with Crippen molar-refractivity contribution in [1.82, 2.24) is 0 Å². The highest BCUT2D eigenvalue weighted by atomic mass is 32.2. The molecule has 0 spiro atoms. The third-order valence-corrected chi connectivity index (χ3v) is 3.80. The Labute approximate surface area is 143 Å². The summed E-state index contributed by atoms with van der Waals surface area (Å²) in [6, 6.07) is 15.5. The molecule has 0 aromatic heterocycles. The van der Waals surface area contributed by atoms with Gasteiger partial charge in [0.05, 0.1) is 19.5 Å². The number of hydrogen-bond acceptors (Lipinski definition) is 5. The summed E-state index contributed by atoms with van der Waals surface area (Å²) in [6.45, 7) is 3.08. The van der Waals surface area contributed by atoms with E-state index in [-0.39, 0.29) is 6.61 Å². The lowest BCUT2D eigenvalue weighted by Crippen LogP contribution is -2.07. The van der Waals surface area contributed by atoms with Gasteiger partial charge in [-0.2, -0.15) is 8.42 Å². The van der Waals surface area contributed by atoms with Gasteiger partial charge >= 0.3 is 0 Å². The molecular formula is C18H22O5S. The molecule has 0 saturated heterocycles. The predicted octanol–water partition coefficient (Wildman–Crippen LogP) is 3.32. The summed E-state index contributed by atoms with van der Waals surface area (Å²) in [5, 5.41) is 0. The standard InChI is InChI=1S/C18H22O5S/c1-15-4-6-16(7-5-15)14-22-18-10-8-17(9-11-18)21-12-3-13-23-24(2,19)20/h4-11H,3,12-14H2,1-2H3. The van der Waals surface area contributed by atoms with Crippen LogP contribution in [0.3, 0.4) is 0 Å². The number of aryl methyl sites for hydroxylation is 1. The molecule has 0 aliphatic carbocycles. The molecule has 0 aliphatic rings. The van der Waals surface area contributed by atoms with Gasteiger partial charge in [-0.25, -0.2) is 0 Å². The first kappa shape index (κ1) is 18.3. The van der Waals surface area contributed by atoms with Crippen molar-refractivity contribution in [2.45, 2.75) is 20.0 Å². The van der Waals surface area contributed by atoms with Crippen LogP contribution in [0, 0.1) is 6.92 Å². The van der Waals surface area contributed by atoms with Crippen LogP contribution >= 0.6 is 0 Å². The van der Waals surface area contributed by atoms with Crippen LogP contribution in [0.5, 0.6) is 11.5 Å². The zero-order chi connectivity index (χ0) is 17.4. The molecule has 0 aliphatic heterocycles. The van der Waals surface area contributed by atoms with E-state index in [0.29, 0.717) is 25.4 Å². The number of rotatable bonds is 9. The molecule has 0 amide bonds. The summed E-state index contributed by atoms with van der Waals surface area (Å²) in [6.07, 6.45) is 1.53. The van der Waals surface area contributed by atoms with E-state index >= 15 is 0 Å². The van der Waals surface area contributed by atoms with Gasteiger partial charge in [0.2, 0.25) is 0 Å². The van der Waals surface area contributed by atoms with Crippen molar-refractivity contribution in [2.24, 2.45) is 0 Å². The van der Waals surface area contributed by atoms with Crippen LogP contribution in [-0.2, 0) is 20.9 Å². The second-order valence-corrected chi connectivity index (χ2v) is 7.12. The van der Waals surface area contributed by atoms with Gasteiger partial charge in [-0.1, -0.05) is 29.8 Å². The van der Waals surface area contributed by atoms with Crippen molar-refractivity contribution >= 4 is 10.1 Å². The quantitative estimate of drug-likeness (QED) is 0.513. The fourth-order valence-corrected chi connectivity index (χ4v) is 2.36. The molecule has 5 nitrogen and oxygen atoms in total. The lowest BCUT2D eigenvalue weighted by Gasteiger charge is -2.09. The molecule has 0 N–H and O–H groups in total. The summed E-state index contributed by atoms with van der Waals surface area (Å²) in [4.78, 5) is 0. The monoisotopic (exact) mass is 350 g/mol. The molecule has 130 valence electrons. The summed E-state index contributed by atoms with van der Waals surface area (Å²) >= 11 is 0. The van der Waals surface area contributed by atoms with Gasteiger partial charge in [-0.15, -0.1) is 0 Å². The third-order valence-electron chi connectivity index (χ3n) is 3.20. The van der Waals surface area contributed by atoms with Crippen LogP contribution in [-0.4, -0.2) is 27.9 Å². The van der Waals surface area contributed by atoms with E-state index in [2.05, 4.69) is 23.2 Å². The van der Waals surface area contributed by atoms with Gasteiger partial charge in [0, 0.05) is 6.42 Å². The fraction of sp³-hybridized carbons (Fsp3) is 0.333. The molecule has 2 aromatic carbocycles. The van der Waals surface area contributed by atoms with Crippen molar-refractivity contribution in [3.8, 4) is 11.5 Å². The number of ether oxygens (including phenoxy) is 2. The van der Waals surface area contributed by atoms with Crippen molar-refractivity contribution in [3.05, 3.63) is 59.7 Å². The molecule has 0 heterocycles. The Morgan fingerprint density at radius 3 is 2.00 bits per heavy atom. The van der Waals surface area contributed by atoms with E-state index in [9.17, 15) is 8.42 Å². The molecule has 0 fully saturated rings. The smallest absolute Gasteiger partial charge is 0.264 e. The molecule has 2 aromatic rings. The number of hydrogen-bond donors (Lipinski definition) is 0. The first-order valence-corrected chi connectivity index (χ1v) is 9.50. The first-order valence-electron chi connectivity index (χ1n) is 7.68. The minimum Gasteiger partial charge on any atom is -0.494 e. The zero-order valence-corrected chi connectivity index (χ0v) is 14.7. The molecule has 0 saturated carbocycles. The lowest BCUT2D eigenvalue weighted by molar-refractivity contribution is 0.251. The maximum Gasteiger partial charge on any atom is 0.264 e. The van der Waals surface area contributed by atoms with E-state index in [1.165, 1.54) is 5.56 Å². The van der Waals surface area contributed by atoms with Gasteiger partial charge in [0.25, 0.3) is 10.1 Å². The van der Waals surface area contributed by atoms with Crippen molar-refractivity contribution in [3.63, 3.8) is 0 Å². The second-order valence-electron chi connectivity index (χ2n) is 5.47. The Morgan fingerprint density at radius 1 is 0.833 bits per heavy atom. The fourth-order valence-electron chi connectivity index (χ4n) is 1.94. The Morgan fingerprint density at radius 2 is 1.42 bits per heavy atom. The van der Waals surface area contributed by atoms with Gasteiger partial charge in [-0.05, 0) is 36.8 Å². The predicted molar refractivity (Wildman–Crippen MR) is 92.9 cm³/mol. The van der Waals surface area contributed by atoms with Crippen LogP contribution in [0.2, 0.25) is 0 Å². The SMILES string of the molecule is Cc1ccc(COc2ccc(OCCCOS(C)(=O)=O)cc2)cc1. The van der Waals surface area contributed by atoms with E-state index in [0.717, 1.165) is 17.6 Å². The summed E-state index contributed by atoms with van der Waals surface area (Å²) in [5.74, 6) is 1.47. The lowest BCUT2D eigenvalue weighted by atomic mass is 10.2. The maximum absolute atomic E-state index is 10.8. The topological polar surface area (TPSA) is 61.8 Å². The van der Waals surface area contributed by atoms with Crippen molar-refractivity contribution < 1.29 is 22.1 Å². The molecule has 2 rings (SSSR count). The summed E-state index contributed by atoms with van der Waals surface area (Å²) in [7, 11) is -3.38. The van der Waals surface area contributed by atoms with Crippen LogP contribution < -0.4 is 9.47 Å². The first-order chi connectivity index (χ1) is 11.4. The van der Waals surface area contributed by atoms with Gasteiger partial charge in [0.15, 0.2) is 0 Å². The Bertz CT molecular complexity index is 721. The van der Waals surface area contributed by atoms with E-state index in [4.69, 9.17) is 9.47 Å². The van der Waals surface area contributed by atoms with Crippen LogP contribution in [0.25, 0.3) is 0 Å². The Balaban J connectivity index is 1.71. The Kier molecular flexibility index (Phi) is 6.63. The summed E-state index contributed by atoms with van der Waals surface area (Å²) in [5.41, 5.74) is 2.34. The van der Waals surface area contributed by atoms with E-state index < -0.39 is 10.1 Å². The van der Waals surface area contributed by atoms with Gasteiger partial charge in [0.1, 0.15) is 18.1 Å². The third kappa shape index (κ3) is 7.02. The molecule has 0 atom stereocenters. The summed E-state index contributed by atoms with van der Waals surface area (Å²) < 4.78 is 37.5. The molecule has 0 radical (unpaired) electrons. The zero-order valence-electron chi connectivity index (χ0n) is 13.9. The van der Waals surface area contributed by atoms with Crippen LogP contribution in [0.15, 0.2) is 48.5 Å². The Hall–Kier alpha value is -2.05. The largest absolute Gasteiger partial charge is 0.494 e. The molecular weight excluding hydrogens is 328 g/mol. The number of benzene rings is 2. The highest BCUT2D eigenvalue weighted by molar-refractivity contribution is 7.85. The van der Waals surface area contributed by atoms with Crippen LogP contribution in [0.1, 0.15) is 17.5 Å². The molecule has 24 heavy (non-hydrogen) atoms. The van der Waals surface area contributed by atoms with E-state index in [1.807, 2.05) is 36.4 Å². The second kappa shape index (κ2) is 8.70. The highest BCUT2D eigenvalue weighted by Crippen LogP contribution is 2.19. The van der Waals surface area contributed by atoms with Crippen molar-refractivity contribution in [1.29, 1.82) is 0 Å². The van der Waals surface area contributed by atoms with Crippen molar-refractivity contribution in [2.75, 3.05) is 19.5 Å². The van der Waals surface area contributed by atoms with E-state index in [1.54, 1.807) is 0 Å². The molecule has 0 bridgehead atoms. The van der Waals surface area contributed by atoms with Gasteiger partial charge < -0.3 is 9.47 Å². The minimum atomic E-state index is -3.38. The normalized spacial score (nSPS) is 11.2. The molecule has 6 heteroatoms. The average Bonchev–Trinajstić information content (AvgIpc) is 2.54. The highest BCUT2D eigenvalue weighted by Gasteiger charge is 2.01. The van der Waals surface area contributed by atoms with Crippen LogP contribution in [0.4, 0.5) is 0 Å². The molecule has 0 unspecified atom stereocenters.